The fourth-order valence-corrected chi connectivity index (χ4v) is 1.76. The van der Waals surface area contributed by atoms with E-state index in [9.17, 15) is 14.9 Å². The molecule has 0 aliphatic carbocycles. The number of hydrogen-bond acceptors (Lipinski definition) is 7. The summed E-state index contributed by atoms with van der Waals surface area (Å²) < 4.78 is 1.63. The van der Waals surface area contributed by atoms with Crippen molar-refractivity contribution in [2.24, 2.45) is 12.9 Å². The highest BCUT2D eigenvalue weighted by Crippen LogP contribution is 2.27. The Hall–Kier alpha value is -3.01. The van der Waals surface area contributed by atoms with Crippen LogP contribution in [0.3, 0.4) is 0 Å². The molecule has 0 unspecified atom stereocenters. The van der Waals surface area contributed by atoms with Crippen LogP contribution in [0.2, 0.25) is 0 Å². The van der Waals surface area contributed by atoms with E-state index in [1.165, 1.54) is 24.5 Å². The first-order valence-electron chi connectivity index (χ1n) is 5.89. The number of benzene rings is 1. The summed E-state index contributed by atoms with van der Waals surface area (Å²) in [5, 5.41) is 21.1. The molecule has 1 heterocycles. The number of nitrogens with zero attached hydrogens (tertiary/aromatic N) is 4. The van der Waals surface area contributed by atoms with Gasteiger partial charge in [-0.3, -0.25) is 20.8 Å². The molecule has 0 aliphatic rings. The summed E-state index contributed by atoms with van der Waals surface area (Å²) in [6, 6.07) is 4.27. The Morgan fingerprint density at radius 2 is 2.29 bits per heavy atom. The van der Waals surface area contributed by atoms with E-state index >= 15 is 0 Å². The van der Waals surface area contributed by atoms with E-state index in [0.29, 0.717) is 5.82 Å². The van der Waals surface area contributed by atoms with E-state index in [0.717, 1.165) is 0 Å². The second kappa shape index (κ2) is 5.96. The molecule has 110 valence electrons. The summed E-state index contributed by atoms with van der Waals surface area (Å²) in [7, 11) is 1.73. The highest BCUT2D eigenvalue weighted by atomic mass is 16.6. The van der Waals surface area contributed by atoms with Crippen molar-refractivity contribution in [3.8, 4) is 0 Å². The Labute approximate surface area is 119 Å². The first kappa shape index (κ1) is 14.4. The normalized spacial score (nSPS) is 10.2. The standard InChI is InChI=1S/C11H13N7O3/c1-17-6-14-16-9(17)5-13-11(19)7-3-2-4-8(15-12)10(7)18(20)21/h2-4,6,15H,5,12H2,1H3,(H,13,19). The Balaban J connectivity index is 2.23. The van der Waals surface area contributed by atoms with E-state index in [2.05, 4.69) is 20.9 Å². The van der Waals surface area contributed by atoms with Crippen LogP contribution in [0.1, 0.15) is 16.2 Å². The maximum atomic E-state index is 12.1. The molecule has 0 aliphatic heterocycles. The van der Waals surface area contributed by atoms with Gasteiger partial charge < -0.3 is 15.3 Å². The summed E-state index contributed by atoms with van der Waals surface area (Å²) in [4.78, 5) is 22.5. The smallest absolute Gasteiger partial charge is 0.306 e. The van der Waals surface area contributed by atoms with E-state index in [1.54, 1.807) is 11.6 Å². The number of para-hydroxylation sites is 1. The van der Waals surface area contributed by atoms with Crippen LogP contribution in [0.4, 0.5) is 11.4 Å². The number of carbonyl (C=O) groups is 1. The number of hydrogen-bond donors (Lipinski definition) is 3. The molecule has 0 fully saturated rings. The molecule has 1 amide bonds. The van der Waals surface area contributed by atoms with Gasteiger partial charge in [-0.1, -0.05) is 6.07 Å². The lowest BCUT2D eigenvalue weighted by atomic mass is 10.1. The minimum Gasteiger partial charge on any atom is -0.345 e. The van der Waals surface area contributed by atoms with Crippen LogP contribution >= 0.6 is 0 Å². The average Bonchev–Trinajstić information content (AvgIpc) is 2.89. The lowest BCUT2D eigenvalue weighted by molar-refractivity contribution is -0.384. The van der Waals surface area contributed by atoms with Crippen LogP contribution in [0.15, 0.2) is 24.5 Å². The number of carbonyl (C=O) groups excluding carboxylic acids is 1. The predicted molar refractivity (Wildman–Crippen MR) is 73.1 cm³/mol. The highest BCUT2D eigenvalue weighted by Gasteiger charge is 2.24. The van der Waals surface area contributed by atoms with E-state index in [-0.39, 0.29) is 23.5 Å². The lowest BCUT2D eigenvalue weighted by Gasteiger charge is -2.08. The van der Waals surface area contributed by atoms with E-state index < -0.39 is 10.8 Å². The van der Waals surface area contributed by atoms with Crippen molar-refractivity contribution in [1.82, 2.24) is 20.1 Å². The van der Waals surface area contributed by atoms with Crippen LogP contribution in [-0.2, 0) is 13.6 Å². The fraction of sp³-hybridized carbons (Fsp3) is 0.182. The van der Waals surface area contributed by atoms with Gasteiger partial charge in [0, 0.05) is 7.05 Å². The molecule has 0 radical (unpaired) electrons. The van der Waals surface area contributed by atoms with Crippen molar-refractivity contribution < 1.29 is 9.72 Å². The number of amides is 1. The largest absolute Gasteiger partial charge is 0.345 e. The zero-order valence-corrected chi connectivity index (χ0v) is 11.1. The van der Waals surface area contributed by atoms with Gasteiger partial charge in [0.05, 0.1) is 11.5 Å². The third kappa shape index (κ3) is 2.95. The van der Waals surface area contributed by atoms with Crippen LogP contribution in [-0.4, -0.2) is 25.6 Å². The summed E-state index contributed by atoms with van der Waals surface area (Å²) in [5.74, 6) is 5.15. The van der Waals surface area contributed by atoms with E-state index in [1.807, 2.05) is 0 Å². The summed E-state index contributed by atoms with van der Waals surface area (Å²) >= 11 is 0. The van der Waals surface area contributed by atoms with Crippen molar-refractivity contribution >= 4 is 17.3 Å². The molecule has 0 saturated carbocycles. The number of nitro groups is 1. The molecular weight excluding hydrogens is 278 g/mol. The van der Waals surface area contributed by atoms with Gasteiger partial charge in [0.2, 0.25) is 0 Å². The van der Waals surface area contributed by atoms with Gasteiger partial charge in [-0.25, -0.2) is 0 Å². The zero-order valence-electron chi connectivity index (χ0n) is 11.1. The second-order valence-electron chi connectivity index (χ2n) is 4.14. The molecule has 21 heavy (non-hydrogen) atoms. The molecular formula is C11H13N7O3. The number of nitrogens with one attached hydrogen (secondary N) is 2. The monoisotopic (exact) mass is 291 g/mol. The molecule has 1 aromatic carbocycles. The van der Waals surface area contributed by atoms with Crippen molar-refractivity contribution in [2.75, 3.05) is 5.43 Å². The van der Waals surface area contributed by atoms with Crippen molar-refractivity contribution in [3.63, 3.8) is 0 Å². The van der Waals surface area contributed by atoms with Gasteiger partial charge in [0.15, 0.2) is 5.82 Å². The number of aromatic nitrogens is 3. The summed E-state index contributed by atoms with van der Waals surface area (Å²) in [6.07, 6.45) is 1.49. The Morgan fingerprint density at radius 3 is 2.86 bits per heavy atom. The van der Waals surface area contributed by atoms with Crippen LogP contribution in [0.25, 0.3) is 0 Å². The number of anilines is 1. The summed E-state index contributed by atoms with van der Waals surface area (Å²) in [6.45, 7) is 0.104. The minimum atomic E-state index is -0.660. The molecule has 0 spiro atoms. The third-order valence-electron chi connectivity index (χ3n) is 2.83. The molecule has 10 heteroatoms. The molecule has 4 N–H and O–H groups in total. The third-order valence-corrected chi connectivity index (χ3v) is 2.83. The van der Waals surface area contributed by atoms with Crippen molar-refractivity contribution in [1.29, 1.82) is 0 Å². The van der Waals surface area contributed by atoms with Crippen LogP contribution in [0, 0.1) is 10.1 Å². The fourth-order valence-electron chi connectivity index (χ4n) is 1.76. The first-order chi connectivity index (χ1) is 10.0. The zero-order chi connectivity index (χ0) is 15.4. The summed E-state index contributed by atoms with van der Waals surface area (Å²) in [5.41, 5.74) is 1.80. The van der Waals surface area contributed by atoms with Gasteiger partial charge in [0.25, 0.3) is 5.91 Å². The second-order valence-corrected chi connectivity index (χ2v) is 4.14. The SMILES string of the molecule is Cn1cnnc1CNC(=O)c1cccc(NN)c1[N+](=O)[O-]. The minimum absolute atomic E-state index is 0.0614. The number of hydrazine groups is 1. The van der Waals surface area contributed by atoms with Gasteiger partial charge >= 0.3 is 5.69 Å². The maximum Gasteiger partial charge on any atom is 0.306 e. The van der Waals surface area contributed by atoms with Crippen molar-refractivity contribution in [2.45, 2.75) is 6.54 Å². The molecule has 10 nitrogen and oxygen atoms in total. The number of nitrogens with two attached hydrogens (primary N) is 1. The van der Waals surface area contributed by atoms with Gasteiger partial charge in [0.1, 0.15) is 17.6 Å². The first-order valence-corrected chi connectivity index (χ1v) is 5.89. The number of nitro benzene ring substituents is 1. The van der Waals surface area contributed by atoms with Crippen molar-refractivity contribution in [3.05, 3.63) is 46.0 Å². The van der Waals surface area contributed by atoms with E-state index in [4.69, 9.17) is 5.84 Å². The lowest BCUT2D eigenvalue weighted by Crippen LogP contribution is -2.25. The number of aryl methyl sites for hydroxylation is 1. The quantitative estimate of drug-likeness (QED) is 0.398. The van der Waals surface area contributed by atoms with Gasteiger partial charge in [-0.15, -0.1) is 10.2 Å². The Bertz CT molecular complexity index is 682. The predicted octanol–water partition coefficient (Wildman–Crippen LogP) is -0.0611. The molecule has 2 aromatic rings. The molecule has 0 bridgehead atoms. The number of rotatable bonds is 5. The number of nitrogen functional groups attached to an aromatic ring is 1. The van der Waals surface area contributed by atoms with Crippen LogP contribution < -0.4 is 16.6 Å². The molecule has 0 atom stereocenters. The molecule has 1 aromatic heterocycles. The topological polar surface area (TPSA) is 141 Å². The van der Waals surface area contributed by atoms with Gasteiger partial charge in [-0.2, -0.15) is 0 Å². The Morgan fingerprint density at radius 1 is 1.52 bits per heavy atom. The molecule has 0 saturated heterocycles. The molecule has 2 rings (SSSR count). The average molecular weight is 291 g/mol. The van der Waals surface area contributed by atoms with Crippen LogP contribution in [0.5, 0.6) is 0 Å². The Kier molecular flexibility index (Phi) is 4.09. The maximum absolute atomic E-state index is 12.1. The van der Waals surface area contributed by atoms with Gasteiger partial charge in [-0.05, 0) is 12.1 Å². The highest BCUT2D eigenvalue weighted by molar-refractivity contribution is 6.00.